The average Bonchev–Trinajstić information content (AvgIpc) is 2.66. The van der Waals surface area contributed by atoms with E-state index in [9.17, 15) is 8.78 Å². The molecule has 1 aromatic carbocycles. The van der Waals surface area contributed by atoms with Crippen LogP contribution in [0.4, 0.5) is 14.6 Å². The Balaban J connectivity index is 2.70. The molecule has 96 valence electrons. The van der Waals surface area contributed by atoms with Crippen LogP contribution in [0.5, 0.6) is 5.75 Å². The highest BCUT2D eigenvalue weighted by Crippen LogP contribution is 2.37. The van der Waals surface area contributed by atoms with Gasteiger partial charge in [-0.1, -0.05) is 0 Å². The van der Waals surface area contributed by atoms with Crippen LogP contribution in [0.25, 0.3) is 11.1 Å². The van der Waals surface area contributed by atoms with E-state index in [0.717, 1.165) is 0 Å². The summed E-state index contributed by atoms with van der Waals surface area (Å²) in [6.45, 7) is 0. The highest BCUT2D eigenvalue weighted by atomic mass is 79.9. The number of aromatic nitrogens is 2. The molecule has 0 amide bonds. The minimum absolute atomic E-state index is 0.0331. The first kappa shape index (κ1) is 12.8. The summed E-state index contributed by atoms with van der Waals surface area (Å²) in [6.07, 6.45) is 1.38. The minimum atomic E-state index is -1.06. The van der Waals surface area contributed by atoms with Crippen molar-refractivity contribution in [1.29, 1.82) is 0 Å². The molecule has 0 saturated heterocycles. The quantitative estimate of drug-likeness (QED) is 0.866. The average molecular weight is 318 g/mol. The van der Waals surface area contributed by atoms with Crippen LogP contribution >= 0.6 is 15.9 Å². The lowest BCUT2D eigenvalue weighted by Gasteiger charge is -2.09. The van der Waals surface area contributed by atoms with E-state index in [2.05, 4.69) is 21.0 Å². The Labute approximate surface area is 110 Å². The number of rotatable bonds is 2. The summed E-state index contributed by atoms with van der Waals surface area (Å²) in [5, 5.41) is 3.89. The third-order valence-electron chi connectivity index (χ3n) is 2.60. The number of hydrogen-bond donors (Lipinski definition) is 1. The van der Waals surface area contributed by atoms with Crippen molar-refractivity contribution in [2.45, 2.75) is 0 Å². The summed E-state index contributed by atoms with van der Waals surface area (Å²) in [4.78, 5) is 0. The van der Waals surface area contributed by atoms with E-state index in [1.807, 2.05) is 0 Å². The molecule has 1 aromatic heterocycles. The van der Waals surface area contributed by atoms with Gasteiger partial charge in [0.05, 0.1) is 17.8 Å². The maximum absolute atomic E-state index is 13.9. The van der Waals surface area contributed by atoms with E-state index < -0.39 is 11.6 Å². The molecule has 2 rings (SSSR count). The van der Waals surface area contributed by atoms with Crippen molar-refractivity contribution in [1.82, 2.24) is 9.78 Å². The van der Waals surface area contributed by atoms with Crippen molar-refractivity contribution < 1.29 is 13.5 Å². The monoisotopic (exact) mass is 317 g/mol. The van der Waals surface area contributed by atoms with Crippen molar-refractivity contribution in [2.24, 2.45) is 7.05 Å². The smallest absolute Gasteiger partial charge is 0.202 e. The molecule has 0 unspecified atom stereocenters. The van der Waals surface area contributed by atoms with Crippen LogP contribution in [0.1, 0.15) is 0 Å². The second-order valence-corrected chi connectivity index (χ2v) is 4.49. The fourth-order valence-electron chi connectivity index (χ4n) is 1.62. The van der Waals surface area contributed by atoms with E-state index in [0.29, 0.717) is 10.0 Å². The molecule has 0 aliphatic rings. The number of nitrogens with zero attached hydrogens (tertiary/aromatic N) is 2. The summed E-state index contributed by atoms with van der Waals surface area (Å²) in [5.41, 5.74) is 6.10. The molecule has 0 atom stereocenters. The highest BCUT2D eigenvalue weighted by Gasteiger charge is 2.21. The molecule has 2 N–H and O–H groups in total. The van der Waals surface area contributed by atoms with Gasteiger partial charge in [0.25, 0.3) is 0 Å². The lowest BCUT2D eigenvalue weighted by Crippen LogP contribution is -2.00. The van der Waals surface area contributed by atoms with Crippen LogP contribution in [0.2, 0.25) is 0 Å². The van der Waals surface area contributed by atoms with Crippen LogP contribution in [-0.4, -0.2) is 16.9 Å². The van der Waals surface area contributed by atoms with Gasteiger partial charge in [-0.2, -0.15) is 9.49 Å². The summed E-state index contributed by atoms with van der Waals surface area (Å²) in [5.74, 6) is -2.01. The Morgan fingerprint density at radius 2 is 2.00 bits per heavy atom. The minimum Gasteiger partial charge on any atom is -0.492 e. The van der Waals surface area contributed by atoms with Gasteiger partial charge in [-0.05, 0) is 22.0 Å². The second kappa shape index (κ2) is 4.56. The fourth-order valence-corrected chi connectivity index (χ4v) is 2.18. The van der Waals surface area contributed by atoms with Gasteiger partial charge in [0, 0.05) is 18.2 Å². The largest absolute Gasteiger partial charge is 0.492 e. The van der Waals surface area contributed by atoms with Gasteiger partial charge in [-0.3, -0.25) is 4.68 Å². The molecule has 0 spiro atoms. The molecule has 0 radical (unpaired) electrons. The summed E-state index contributed by atoms with van der Waals surface area (Å²) in [6, 6.07) is 1.41. The predicted molar refractivity (Wildman–Crippen MR) is 67.2 cm³/mol. The molecular formula is C11H10BrF2N3O. The molecular weight excluding hydrogens is 308 g/mol. The van der Waals surface area contributed by atoms with Gasteiger partial charge >= 0.3 is 0 Å². The fraction of sp³-hybridized carbons (Fsp3) is 0.182. The zero-order valence-electron chi connectivity index (χ0n) is 9.67. The first-order chi connectivity index (χ1) is 8.47. The first-order valence-electron chi connectivity index (χ1n) is 4.96. The van der Waals surface area contributed by atoms with Crippen LogP contribution < -0.4 is 10.5 Å². The third kappa shape index (κ3) is 1.84. The maximum atomic E-state index is 13.9. The number of aryl methyl sites for hydroxylation is 1. The number of ether oxygens (including phenoxy) is 1. The summed E-state index contributed by atoms with van der Waals surface area (Å²) >= 11 is 3.12. The van der Waals surface area contributed by atoms with E-state index >= 15 is 0 Å². The molecule has 7 heteroatoms. The normalized spacial score (nSPS) is 10.7. The number of anilines is 1. The maximum Gasteiger partial charge on any atom is 0.202 e. The van der Waals surface area contributed by atoms with Crippen LogP contribution in [0, 0.1) is 11.6 Å². The number of benzene rings is 1. The van der Waals surface area contributed by atoms with Gasteiger partial charge in [0.2, 0.25) is 5.82 Å². The van der Waals surface area contributed by atoms with E-state index in [1.54, 1.807) is 7.05 Å². The number of methoxy groups -OCH3 is 1. The SMILES string of the molecule is COc1c(Br)cc(-c2cnn(C)c2N)c(F)c1F. The Bertz CT molecular complexity index is 613. The summed E-state index contributed by atoms with van der Waals surface area (Å²) < 4.78 is 34.1. The van der Waals surface area contributed by atoms with Crippen molar-refractivity contribution in [3.05, 3.63) is 28.4 Å². The molecule has 0 saturated carbocycles. The Morgan fingerprint density at radius 3 is 2.50 bits per heavy atom. The molecule has 0 aliphatic heterocycles. The van der Waals surface area contributed by atoms with E-state index in [4.69, 9.17) is 10.5 Å². The molecule has 0 fully saturated rings. The van der Waals surface area contributed by atoms with Gasteiger partial charge in [0.15, 0.2) is 11.6 Å². The van der Waals surface area contributed by atoms with Crippen LogP contribution in [0.15, 0.2) is 16.7 Å². The molecule has 0 aliphatic carbocycles. The van der Waals surface area contributed by atoms with Crippen molar-refractivity contribution in [3.8, 4) is 16.9 Å². The van der Waals surface area contributed by atoms with Gasteiger partial charge in [-0.25, -0.2) is 4.39 Å². The molecule has 18 heavy (non-hydrogen) atoms. The first-order valence-corrected chi connectivity index (χ1v) is 5.76. The standard InChI is InChI=1S/C11H10BrF2N3O/c1-17-11(15)6(4-16-17)5-3-7(12)10(18-2)9(14)8(5)13/h3-4H,15H2,1-2H3. The van der Waals surface area contributed by atoms with E-state index in [1.165, 1.54) is 24.1 Å². The van der Waals surface area contributed by atoms with Gasteiger partial charge in [0.1, 0.15) is 5.82 Å². The predicted octanol–water partition coefficient (Wildman–Crippen LogP) is 2.72. The van der Waals surface area contributed by atoms with Crippen molar-refractivity contribution in [2.75, 3.05) is 12.8 Å². The highest BCUT2D eigenvalue weighted by molar-refractivity contribution is 9.10. The zero-order chi connectivity index (χ0) is 13.4. The number of nitrogens with two attached hydrogens (primary N) is 1. The molecule has 2 aromatic rings. The topological polar surface area (TPSA) is 53.1 Å². The molecule has 4 nitrogen and oxygen atoms in total. The third-order valence-corrected chi connectivity index (χ3v) is 3.18. The van der Waals surface area contributed by atoms with Crippen molar-refractivity contribution in [3.63, 3.8) is 0 Å². The number of halogens is 3. The zero-order valence-corrected chi connectivity index (χ0v) is 11.3. The van der Waals surface area contributed by atoms with E-state index in [-0.39, 0.29) is 17.1 Å². The van der Waals surface area contributed by atoms with Crippen molar-refractivity contribution >= 4 is 21.7 Å². The number of hydrogen-bond acceptors (Lipinski definition) is 3. The van der Waals surface area contributed by atoms with Crippen LogP contribution in [0.3, 0.4) is 0 Å². The molecule has 0 bridgehead atoms. The Kier molecular flexibility index (Phi) is 3.25. The van der Waals surface area contributed by atoms with Crippen LogP contribution in [-0.2, 0) is 7.05 Å². The number of nitrogen functional groups attached to an aromatic ring is 1. The van der Waals surface area contributed by atoms with Gasteiger partial charge in [-0.15, -0.1) is 0 Å². The molecule has 1 heterocycles. The Morgan fingerprint density at radius 1 is 1.33 bits per heavy atom. The Hall–Kier alpha value is -1.63. The lowest BCUT2D eigenvalue weighted by molar-refractivity contribution is 0.370. The summed E-state index contributed by atoms with van der Waals surface area (Å²) in [7, 11) is 2.88. The van der Waals surface area contributed by atoms with Gasteiger partial charge < -0.3 is 10.5 Å². The second-order valence-electron chi connectivity index (χ2n) is 3.63. The lowest BCUT2D eigenvalue weighted by atomic mass is 10.1.